The Morgan fingerprint density at radius 2 is 2.18 bits per heavy atom. The minimum Gasteiger partial charge on any atom is -0.379 e. The summed E-state index contributed by atoms with van der Waals surface area (Å²) in [5.41, 5.74) is 0.393. The Balaban J connectivity index is 1.80. The molecule has 0 aromatic carbocycles. The van der Waals surface area contributed by atoms with E-state index in [1.807, 2.05) is 7.05 Å². The number of amides is 1. The zero-order chi connectivity index (χ0) is 12.3. The van der Waals surface area contributed by atoms with Crippen LogP contribution in [0.5, 0.6) is 0 Å². The van der Waals surface area contributed by atoms with Gasteiger partial charge in [0.1, 0.15) is 0 Å². The second kappa shape index (κ2) is 5.36. The summed E-state index contributed by atoms with van der Waals surface area (Å²) in [6, 6.07) is 0.175. The summed E-state index contributed by atoms with van der Waals surface area (Å²) in [7, 11) is 1.89. The predicted octanol–water partition coefficient (Wildman–Crippen LogP) is 0.917. The van der Waals surface area contributed by atoms with Crippen LogP contribution in [-0.2, 0) is 9.53 Å². The molecule has 2 atom stereocenters. The Labute approximate surface area is 103 Å². The molecule has 1 heterocycles. The van der Waals surface area contributed by atoms with Gasteiger partial charge in [0.2, 0.25) is 5.91 Å². The van der Waals surface area contributed by atoms with Gasteiger partial charge < -0.3 is 15.4 Å². The first-order valence-corrected chi connectivity index (χ1v) is 6.73. The number of hydrogen-bond donors (Lipinski definition) is 2. The van der Waals surface area contributed by atoms with Crippen LogP contribution in [0.1, 0.15) is 32.6 Å². The lowest BCUT2D eigenvalue weighted by molar-refractivity contribution is -0.126. The van der Waals surface area contributed by atoms with E-state index < -0.39 is 0 Å². The number of nitrogens with one attached hydrogen (secondary N) is 2. The fraction of sp³-hybridized carbons (Fsp3) is 0.923. The van der Waals surface area contributed by atoms with Crippen molar-refractivity contribution in [2.75, 3.05) is 26.8 Å². The molecule has 4 heteroatoms. The van der Waals surface area contributed by atoms with Gasteiger partial charge in [0.25, 0.3) is 0 Å². The first-order chi connectivity index (χ1) is 8.21. The maximum Gasteiger partial charge on any atom is 0.227 e. The molecule has 1 amide bonds. The Hall–Kier alpha value is -0.610. The van der Waals surface area contributed by atoms with Gasteiger partial charge in [0.05, 0.1) is 19.1 Å². The van der Waals surface area contributed by atoms with Crippen LogP contribution < -0.4 is 10.6 Å². The third-order valence-electron chi connectivity index (χ3n) is 4.59. The maximum absolute atomic E-state index is 12.1. The molecule has 2 rings (SSSR count). The summed E-state index contributed by atoms with van der Waals surface area (Å²) in [6.07, 6.45) is 5.01. The number of ether oxygens (including phenoxy) is 1. The summed E-state index contributed by atoms with van der Waals surface area (Å²) in [6.45, 7) is 4.26. The molecule has 0 aromatic rings. The molecular formula is C13H24N2O2. The SMILES string of the molecule is CCC1(CNC(=O)C2COCC2NC)CCC1. The number of carbonyl (C=O) groups is 1. The van der Waals surface area contributed by atoms with Crippen LogP contribution in [0.4, 0.5) is 0 Å². The van der Waals surface area contributed by atoms with Crippen molar-refractivity contribution in [1.82, 2.24) is 10.6 Å². The van der Waals surface area contributed by atoms with Crippen molar-refractivity contribution in [2.24, 2.45) is 11.3 Å². The monoisotopic (exact) mass is 240 g/mol. The lowest BCUT2D eigenvalue weighted by atomic mass is 9.67. The Kier molecular flexibility index (Phi) is 4.05. The van der Waals surface area contributed by atoms with Gasteiger partial charge in [0.15, 0.2) is 0 Å². The van der Waals surface area contributed by atoms with E-state index in [0.29, 0.717) is 18.6 Å². The van der Waals surface area contributed by atoms with Crippen LogP contribution in [0.25, 0.3) is 0 Å². The van der Waals surface area contributed by atoms with Crippen molar-refractivity contribution in [3.63, 3.8) is 0 Å². The highest BCUT2D eigenvalue weighted by Crippen LogP contribution is 2.43. The van der Waals surface area contributed by atoms with Crippen LogP contribution in [0.2, 0.25) is 0 Å². The van der Waals surface area contributed by atoms with Gasteiger partial charge in [0, 0.05) is 12.6 Å². The fourth-order valence-electron chi connectivity index (χ4n) is 2.84. The zero-order valence-corrected chi connectivity index (χ0v) is 10.9. The van der Waals surface area contributed by atoms with Gasteiger partial charge in [-0.15, -0.1) is 0 Å². The Morgan fingerprint density at radius 1 is 1.41 bits per heavy atom. The first kappa shape index (κ1) is 12.8. The number of rotatable bonds is 5. The molecule has 4 nitrogen and oxygen atoms in total. The topological polar surface area (TPSA) is 50.4 Å². The highest BCUT2D eigenvalue weighted by Gasteiger charge is 2.37. The first-order valence-electron chi connectivity index (χ1n) is 6.73. The number of hydrogen-bond acceptors (Lipinski definition) is 3. The second-order valence-corrected chi connectivity index (χ2v) is 5.46. The van der Waals surface area contributed by atoms with E-state index in [2.05, 4.69) is 17.6 Å². The molecule has 17 heavy (non-hydrogen) atoms. The van der Waals surface area contributed by atoms with Crippen molar-refractivity contribution >= 4 is 5.91 Å². The summed E-state index contributed by atoms with van der Waals surface area (Å²) in [4.78, 5) is 12.1. The molecule has 0 radical (unpaired) electrons. The van der Waals surface area contributed by atoms with Gasteiger partial charge in [-0.25, -0.2) is 0 Å². The normalized spacial score (nSPS) is 30.9. The lowest BCUT2D eigenvalue weighted by Crippen LogP contribution is -2.47. The molecule has 1 saturated carbocycles. The largest absolute Gasteiger partial charge is 0.379 e. The fourth-order valence-corrected chi connectivity index (χ4v) is 2.84. The molecule has 1 aliphatic carbocycles. The Bertz CT molecular complexity index is 271. The van der Waals surface area contributed by atoms with Crippen molar-refractivity contribution in [1.29, 1.82) is 0 Å². The second-order valence-electron chi connectivity index (χ2n) is 5.46. The molecular weight excluding hydrogens is 216 g/mol. The highest BCUT2D eigenvalue weighted by atomic mass is 16.5. The zero-order valence-electron chi connectivity index (χ0n) is 10.9. The smallest absolute Gasteiger partial charge is 0.227 e. The summed E-state index contributed by atoms with van der Waals surface area (Å²) in [5, 5.41) is 6.27. The molecule has 2 unspecified atom stereocenters. The molecule has 0 bridgehead atoms. The van der Waals surface area contributed by atoms with E-state index in [-0.39, 0.29) is 17.9 Å². The third kappa shape index (κ3) is 2.63. The lowest BCUT2D eigenvalue weighted by Gasteiger charge is -2.41. The minimum absolute atomic E-state index is 0.0195. The van der Waals surface area contributed by atoms with E-state index in [4.69, 9.17) is 4.74 Å². The molecule has 0 aromatic heterocycles. The van der Waals surface area contributed by atoms with Crippen molar-refractivity contribution in [2.45, 2.75) is 38.6 Å². The Morgan fingerprint density at radius 3 is 2.71 bits per heavy atom. The van der Waals surface area contributed by atoms with E-state index >= 15 is 0 Å². The van der Waals surface area contributed by atoms with E-state index in [1.165, 1.54) is 25.7 Å². The van der Waals surface area contributed by atoms with Gasteiger partial charge in [-0.2, -0.15) is 0 Å². The van der Waals surface area contributed by atoms with Crippen LogP contribution in [0.15, 0.2) is 0 Å². The number of carbonyl (C=O) groups excluding carboxylic acids is 1. The van der Waals surface area contributed by atoms with Gasteiger partial charge in [-0.05, 0) is 31.7 Å². The van der Waals surface area contributed by atoms with Crippen LogP contribution >= 0.6 is 0 Å². The predicted molar refractivity (Wildman–Crippen MR) is 66.7 cm³/mol. The number of likely N-dealkylation sites (N-methyl/N-ethyl adjacent to an activating group) is 1. The highest BCUT2D eigenvalue weighted by molar-refractivity contribution is 5.79. The van der Waals surface area contributed by atoms with Crippen molar-refractivity contribution < 1.29 is 9.53 Å². The molecule has 2 N–H and O–H groups in total. The van der Waals surface area contributed by atoms with E-state index in [9.17, 15) is 4.79 Å². The van der Waals surface area contributed by atoms with Crippen LogP contribution in [0, 0.1) is 11.3 Å². The van der Waals surface area contributed by atoms with Gasteiger partial charge >= 0.3 is 0 Å². The minimum atomic E-state index is -0.0195. The van der Waals surface area contributed by atoms with Gasteiger partial charge in [-0.1, -0.05) is 13.3 Å². The molecule has 2 aliphatic rings. The molecule has 1 saturated heterocycles. The van der Waals surface area contributed by atoms with Crippen LogP contribution in [0.3, 0.4) is 0 Å². The quantitative estimate of drug-likeness (QED) is 0.751. The van der Waals surface area contributed by atoms with E-state index in [0.717, 1.165) is 6.54 Å². The van der Waals surface area contributed by atoms with Crippen molar-refractivity contribution in [3.8, 4) is 0 Å². The van der Waals surface area contributed by atoms with Crippen molar-refractivity contribution in [3.05, 3.63) is 0 Å². The molecule has 2 fully saturated rings. The van der Waals surface area contributed by atoms with E-state index in [1.54, 1.807) is 0 Å². The molecule has 0 spiro atoms. The molecule has 98 valence electrons. The molecule has 1 aliphatic heterocycles. The van der Waals surface area contributed by atoms with Crippen LogP contribution in [-0.4, -0.2) is 38.8 Å². The summed E-state index contributed by atoms with van der Waals surface area (Å²) in [5.74, 6) is 0.135. The summed E-state index contributed by atoms with van der Waals surface area (Å²) >= 11 is 0. The van der Waals surface area contributed by atoms with Gasteiger partial charge in [-0.3, -0.25) is 4.79 Å². The standard InChI is InChI=1S/C13H24N2O2/c1-3-13(5-4-6-13)9-15-12(16)10-7-17-8-11(10)14-2/h10-11,14H,3-9H2,1-2H3,(H,15,16). The summed E-state index contributed by atoms with van der Waals surface area (Å²) < 4.78 is 5.36. The maximum atomic E-state index is 12.1. The third-order valence-corrected chi connectivity index (χ3v) is 4.59. The average molecular weight is 240 g/mol. The average Bonchev–Trinajstić information content (AvgIpc) is 2.76.